The van der Waals surface area contributed by atoms with Crippen molar-refractivity contribution in [1.82, 2.24) is 9.97 Å². The Hall–Kier alpha value is -3.10. The van der Waals surface area contributed by atoms with Gasteiger partial charge in [0.2, 0.25) is 23.5 Å². The maximum Gasteiger partial charge on any atom is 0.371 e. The first-order valence-corrected chi connectivity index (χ1v) is 5.65. The van der Waals surface area contributed by atoms with Gasteiger partial charge in [-0.25, -0.2) is 4.79 Å². The zero-order valence-corrected chi connectivity index (χ0v) is 11.1. The van der Waals surface area contributed by atoms with Gasteiger partial charge in [0.1, 0.15) is 0 Å². The summed E-state index contributed by atoms with van der Waals surface area (Å²) in [5, 5.41) is 11.1. The smallest absolute Gasteiger partial charge is 0.371 e. The number of nitrogens with zero attached hydrogens (tertiary/aromatic N) is 2. The molecule has 0 aliphatic carbocycles. The molecule has 0 saturated carbocycles. The van der Waals surface area contributed by atoms with E-state index in [1.54, 1.807) is 0 Å². The first-order valence-electron chi connectivity index (χ1n) is 5.65. The summed E-state index contributed by atoms with van der Waals surface area (Å²) in [5.41, 5.74) is 0. The van der Waals surface area contributed by atoms with Crippen molar-refractivity contribution < 1.29 is 28.6 Å². The number of nitrogens with one attached hydrogen (secondary N) is 1. The minimum Gasteiger partial charge on any atom is -0.481 e. The summed E-state index contributed by atoms with van der Waals surface area (Å²) in [7, 11) is 2.80. The highest BCUT2D eigenvalue weighted by Crippen LogP contribution is 2.18. The molecule has 0 aliphatic heterocycles. The number of carbonyl (C=O) groups is 2. The van der Waals surface area contributed by atoms with Crippen LogP contribution in [0.2, 0.25) is 0 Å². The predicted molar refractivity (Wildman–Crippen MR) is 68.8 cm³/mol. The fraction of sp³-hybridized carbons (Fsp3) is 0.167. The number of rotatable bonds is 5. The highest BCUT2D eigenvalue weighted by atomic mass is 16.5. The molecule has 0 fully saturated rings. The van der Waals surface area contributed by atoms with Crippen LogP contribution in [0.15, 0.2) is 22.6 Å². The molecule has 0 atom stereocenters. The average Bonchev–Trinajstić information content (AvgIpc) is 2.97. The molecule has 0 spiro atoms. The normalized spacial score (nSPS) is 10.0. The lowest BCUT2D eigenvalue weighted by molar-refractivity contribution is 0.0660. The Bertz CT molecular complexity index is 659. The number of amides is 1. The molecule has 9 heteroatoms. The summed E-state index contributed by atoms with van der Waals surface area (Å²) < 4.78 is 14.7. The average molecular weight is 293 g/mol. The molecule has 9 nitrogen and oxygen atoms in total. The van der Waals surface area contributed by atoms with Crippen LogP contribution in [0, 0.1) is 0 Å². The van der Waals surface area contributed by atoms with Gasteiger partial charge in [0.25, 0.3) is 5.91 Å². The van der Waals surface area contributed by atoms with E-state index < -0.39 is 11.9 Å². The number of furan rings is 1. The van der Waals surface area contributed by atoms with Gasteiger partial charge in [-0.2, -0.15) is 9.97 Å². The minimum absolute atomic E-state index is 0.0653. The molecule has 2 heterocycles. The second kappa shape index (κ2) is 5.90. The van der Waals surface area contributed by atoms with Gasteiger partial charge in [0.15, 0.2) is 5.76 Å². The van der Waals surface area contributed by atoms with Crippen LogP contribution in [0.4, 0.5) is 5.95 Å². The quantitative estimate of drug-likeness (QED) is 0.837. The molecule has 110 valence electrons. The van der Waals surface area contributed by atoms with E-state index in [0.29, 0.717) is 0 Å². The molecule has 2 aromatic rings. The van der Waals surface area contributed by atoms with Crippen LogP contribution in [0.5, 0.6) is 11.8 Å². The van der Waals surface area contributed by atoms with Crippen LogP contribution in [0.25, 0.3) is 0 Å². The van der Waals surface area contributed by atoms with E-state index in [0.717, 1.165) is 0 Å². The van der Waals surface area contributed by atoms with Gasteiger partial charge in [0.05, 0.1) is 20.3 Å². The molecular formula is C12H11N3O6. The van der Waals surface area contributed by atoms with E-state index >= 15 is 0 Å². The number of aromatic carboxylic acids is 1. The summed E-state index contributed by atoms with van der Waals surface area (Å²) in [6.45, 7) is 0. The number of aromatic nitrogens is 2. The second-order valence-electron chi connectivity index (χ2n) is 3.70. The standard InChI is InChI=1S/C12H11N3O6/c1-19-8-5-9(20-2)14-12(13-8)15-10(16)6-3-4-7(21-6)11(17)18/h3-5H,1-2H3,(H,17,18)(H,13,14,15,16). The third-order valence-electron chi connectivity index (χ3n) is 2.36. The van der Waals surface area contributed by atoms with Crippen molar-refractivity contribution in [1.29, 1.82) is 0 Å². The monoisotopic (exact) mass is 293 g/mol. The largest absolute Gasteiger partial charge is 0.481 e. The molecule has 2 N–H and O–H groups in total. The zero-order valence-electron chi connectivity index (χ0n) is 11.1. The van der Waals surface area contributed by atoms with Crippen molar-refractivity contribution in [3.63, 3.8) is 0 Å². The Morgan fingerprint density at radius 3 is 2.19 bits per heavy atom. The Balaban J connectivity index is 2.20. The van der Waals surface area contributed by atoms with Crippen LogP contribution in [-0.4, -0.2) is 41.2 Å². The molecule has 0 unspecified atom stereocenters. The summed E-state index contributed by atoms with van der Waals surface area (Å²) in [6, 6.07) is 3.84. The Labute approximate surface area is 118 Å². The molecule has 0 radical (unpaired) electrons. The fourth-order valence-corrected chi connectivity index (χ4v) is 1.41. The lowest BCUT2D eigenvalue weighted by atomic mass is 10.4. The van der Waals surface area contributed by atoms with Crippen molar-refractivity contribution in [2.75, 3.05) is 19.5 Å². The van der Waals surface area contributed by atoms with Crippen molar-refractivity contribution in [2.45, 2.75) is 0 Å². The van der Waals surface area contributed by atoms with Gasteiger partial charge in [-0.15, -0.1) is 0 Å². The first kappa shape index (κ1) is 14.3. The van der Waals surface area contributed by atoms with Crippen molar-refractivity contribution in [3.05, 3.63) is 29.7 Å². The number of carboxylic acids is 1. The summed E-state index contributed by atoms with van der Waals surface area (Å²) in [5.74, 6) is -2.16. The highest BCUT2D eigenvalue weighted by Gasteiger charge is 2.16. The number of ether oxygens (including phenoxy) is 2. The molecular weight excluding hydrogens is 282 g/mol. The summed E-state index contributed by atoms with van der Waals surface area (Å²) in [4.78, 5) is 30.4. The third-order valence-corrected chi connectivity index (χ3v) is 2.36. The van der Waals surface area contributed by atoms with Gasteiger partial charge in [0, 0.05) is 0 Å². The molecule has 1 amide bonds. The Kier molecular flexibility index (Phi) is 4.02. The van der Waals surface area contributed by atoms with Crippen LogP contribution in [0.3, 0.4) is 0 Å². The third kappa shape index (κ3) is 3.26. The molecule has 0 saturated heterocycles. The van der Waals surface area contributed by atoms with Gasteiger partial charge < -0.3 is 19.0 Å². The van der Waals surface area contributed by atoms with Crippen LogP contribution >= 0.6 is 0 Å². The van der Waals surface area contributed by atoms with E-state index in [1.165, 1.54) is 32.4 Å². The fourth-order valence-electron chi connectivity index (χ4n) is 1.41. The summed E-state index contributed by atoms with van der Waals surface area (Å²) >= 11 is 0. The second-order valence-corrected chi connectivity index (χ2v) is 3.70. The number of hydrogen-bond donors (Lipinski definition) is 2. The molecule has 0 aliphatic rings. The van der Waals surface area contributed by atoms with E-state index in [2.05, 4.69) is 15.3 Å². The molecule has 2 rings (SSSR count). The number of methoxy groups -OCH3 is 2. The minimum atomic E-state index is -1.27. The number of carbonyl (C=O) groups excluding carboxylic acids is 1. The predicted octanol–water partition coefficient (Wildman–Crippen LogP) is 1.04. The molecule has 2 aromatic heterocycles. The van der Waals surface area contributed by atoms with E-state index in [4.69, 9.17) is 19.0 Å². The lowest BCUT2D eigenvalue weighted by Gasteiger charge is -2.06. The molecule has 0 aromatic carbocycles. The van der Waals surface area contributed by atoms with Crippen molar-refractivity contribution in [3.8, 4) is 11.8 Å². The van der Waals surface area contributed by atoms with Crippen molar-refractivity contribution in [2.24, 2.45) is 0 Å². The van der Waals surface area contributed by atoms with Gasteiger partial charge >= 0.3 is 5.97 Å². The maximum atomic E-state index is 11.9. The van der Waals surface area contributed by atoms with Gasteiger partial charge in [-0.3, -0.25) is 10.1 Å². The van der Waals surface area contributed by atoms with Crippen LogP contribution in [-0.2, 0) is 0 Å². The number of anilines is 1. The Morgan fingerprint density at radius 2 is 1.71 bits per heavy atom. The van der Waals surface area contributed by atoms with Crippen LogP contribution in [0.1, 0.15) is 21.1 Å². The Morgan fingerprint density at radius 1 is 1.14 bits per heavy atom. The highest BCUT2D eigenvalue weighted by molar-refractivity contribution is 6.02. The SMILES string of the molecule is COc1cc(OC)nc(NC(=O)c2ccc(C(=O)O)o2)n1. The first-order chi connectivity index (χ1) is 10.0. The zero-order chi connectivity index (χ0) is 15.4. The lowest BCUT2D eigenvalue weighted by Crippen LogP contribution is -2.14. The number of hydrogen-bond acceptors (Lipinski definition) is 7. The van der Waals surface area contributed by atoms with Crippen LogP contribution < -0.4 is 14.8 Å². The van der Waals surface area contributed by atoms with Crippen molar-refractivity contribution >= 4 is 17.8 Å². The van der Waals surface area contributed by atoms with Gasteiger partial charge in [-0.05, 0) is 12.1 Å². The van der Waals surface area contributed by atoms with Gasteiger partial charge in [-0.1, -0.05) is 0 Å². The van der Waals surface area contributed by atoms with E-state index in [1.807, 2.05) is 0 Å². The van der Waals surface area contributed by atoms with E-state index in [-0.39, 0.29) is 29.2 Å². The molecule has 21 heavy (non-hydrogen) atoms. The topological polar surface area (TPSA) is 124 Å². The molecule has 0 bridgehead atoms. The maximum absolute atomic E-state index is 11.9. The number of carboxylic acid groups (broad SMARTS) is 1. The summed E-state index contributed by atoms with van der Waals surface area (Å²) in [6.07, 6.45) is 0. The van der Waals surface area contributed by atoms with E-state index in [9.17, 15) is 9.59 Å².